The molecule has 5 heteroatoms. The summed E-state index contributed by atoms with van der Waals surface area (Å²) in [5.41, 5.74) is 4.10. The van der Waals surface area contributed by atoms with Crippen LogP contribution < -0.4 is 0 Å². The molecule has 0 saturated heterocycles. The van der Waals surface area contributed by atoms with E-state index in [0.717, 1.165) is 28.8 Å². The fourth-order valence-electron chi connectivity index (χ4n) is 3.63. The maximum absolute atomic E-state index is 13.0. The molecule has 0 aliphatic rings. The lowest BCUT2D eigenvalue weighted by molar-refractivity contribution is -0.139. The largest absolute Gasteiger partial charge is 0.481 e. The van der Waals surface area contributed by atoms with Crippen LogP contribution >= 0.6 is 0 Å². The molecule has 0 fully saturated rings. The van der Waals surface area contributed by atoms with Gasteiger partial charge in [0.25, 0.3) is 0 Å². The molecule has 2 nitrogen and oxygen atoms in total. The zero-order valence-corrected chi connectivity index (χ0v) is 17.7. The molecule has 0 radical (unpaired) electrons. The Balaban J connectivity index is 2.14. The van der Waals surface area contributed by atoms with Crippen molar-refractivity contribution in [3.8, 4) is 22.3 Å². The monoisotopic (exact) mass is 426 g/mol. The first kappa shape index (κ1) is 22.6. The molecule has 0 aromatic heterocycles. The van der Waals surface area contributed by atoms with E-state index in [-0.39, 0.29) is 5.92 Å². The van der Waals surface area contributed by atoms with Crippen LogP contribution in [0.5, 0.6) is 0 Å². The van der Waals surface area contributed by atoms with E-state index in [1.165, 1.54) is 12.1 Å². The highest BCUT2D eigenvalue weighted by molar-refractivity contribution is 5.80. The van der Waals surface area contributed by atoms with Gasteiger partial charge >= 0.3 is 12.1 Å². The Morgan fingerprint density at radius 1 is 0.839 bits per heavy atom. The van der Waals surface area contributed by atoms with Crippen molar-refractivity contribution in [2.45, 2.75) is 39.3 Å². The van der Waals surface area contributed by atoms with Crippen molar-refractivity contribution in [1.29, 1.82) is 0 Å². The third-order valence-corrected chi connectivity index (χ3v) is 5.29. The summed E-state index contributed by atoms with van der Waals surface area (Å²) in [6.07, 6.45) is -3.93. The fraction of sp³-hybridized carbons (Fsp3) is 0.269. The number of aliphatic carboxylic acids is 1. The molecule has 3 aromatic carbocycles. The van der Waals surface area contributed by atoms with E-state index in [1.807, 2.05) is 57.2 Å². The van der Waals surface area contributed by atoms with Crippen molar-refractivity contribution < 1.29 is 23.1 Å². The number of rotatable bonds is 6. The Labute approximate surface area is 180 Å². The number of hydrogen-bond donors (Lipinski definition) is 1. The quantitative estimate of drug-likeness (QED) is 0.441. The van der Waals surface area contributed by atoms with E-state index >= 15 is 0 Å². The van der Waals surface area contributed by atoms with Gasteiger partial charge in [-0.15, -0.1) is 0 Å². The summed E-state index contributed by atoms with van der Waals surface area (Å²) in [7, 11) is 0. The molecule has 0 amide bonds. The van der Waals surface area contributed by atoms with Crippen LogP contribution in [0.1, 0.15) is 42.9 Å². The molecular weight excluding hydrogens is 401 g/mol. The molecule has 0 spiro atoms. The number of alkyl halides is 3. The predicted molar refractivity (Wildman–Crippen MR) is 117 cm³/mol. The number of aryl methyl sites for hydroxylation is 1. The molecule has 162 valence electrons. The van der Waals surface area contributed by atoms with Gasteiger partial charge in [0, 0.05) is 0 Å². The lowest BCUT2D eigenvalue weighted by Gasteiger charge is -2.18. The van der Waals surface area contributed by atoms with Crippen molar-refractivity contribution in [1.82, 2.24) is 0 Å². The normalized spacial score (nSPS) is 12.7. The SMILES string of the molecule is Cc1ccc(-c2cc(-c3ccc(C(F)(F)F)cc3)cc([C@H](CC(C)C)C(=O)O)c2)cc1. The summed E-state index contributed by atoms with van der Waals surface area (Å²) < 4.78 is 38.9. The Kier molecular flexibility index (Phi) is 6.54. The highest BCUT2D eigenvalue weighted by Gasteiger charge is 2.30. The van der Waals surface area contributed by atoms with Gasteiger partial charge in [-0.25, -0.2) is 0 Å². The lowest BCUT2D eigenvalue weighted by atomic mass is 9.86. The Morgan fingerprint density at radius 3 is 1.74 bits per heavy atom. The maximum atomic E-state index is 13.0. The van der Waals surface area contributed by atoms with Crippen LogP contribution in [0.3, 0.4) is 0 Å². The third kappa shape index (κ3) is 5.54. The minimum Gasteiger partial charge on any atom is -0.481 e. The van der Waals surface area contributed by atoms with Crippen LogP contribution in [0, 0.1) is 12.8 Å². The predicted octanol–water partition coefficient (Wildman–Crippen LogP) is 7.56. The van der Waals surface area contributed by atoms with E-state index in [4.69, 9.17) is 0 Å². The van der Waals surface area contributed by atoms with E-state index in [0.29, 0.717) is 23.1 Å². The van der Waals surface area contributed by atoms with Crippen LogP contribution in [0.25, 0.3) is 22.3 Å². The average Bonchev–Trinajstić information content (AvgIpc) is 2.71. The molecule has 1 N–H and O–H groups in total. The summed E-state index contributed by atoms with van der Waals surface area (Å²) in [5, 5.41) is 9.84. The maximum Gasteiger partial charge on any atom is 0.416 e. The van der Waals surface area contributed by atoms with Gasteiger partial charge in [-0.3, -0.25) is 4.79 Å². The number of carboxylic acids is 1. The average molecular weight is 426 g/mol. The molecule has 0 saturated carbocycles. The fourth-order valence-corrected chi connectivity index (χ4v) is 3.63. The number of halogens is 3. The first-order valence-electron chi connectivity index (χ1n) is 10.2. The summed E-state index contributed by atoms with van der Waals surface area (Å²) >= 11 is 0. The first-order chi connectivity index (χ1) is 14.5. The number of hydrogen-bond acceptors (Lipinski definition) is 1. The van der Waals surface area contributed by atoms with Gasteiger partial charge in [0.15, 0.2) is 0 Å². The number of carboxylic acid groups (broad SMARTS) is 1. The van der Waals surface area contributed by atoms with Crippen LogP contribution in [0.2, 0.25) is 0 Å². The van der Waals surface area contributed by atoms with Gasteiger partial charge in [-0.05, 0) is 65.3 Å². The smallest absolute Gasteiger partial charge is 0.416 e. The lowest BCUT2D eigenvalue weighted by Crippen LogP contribution is -2.14. The molecule has 0 heterocycles. The standard InChI is InChI=1S/C26H25F3O2/c1-16(2)12-24(25(30)31)22-14-20(18-6-4-17(3)5-7-18)13-21(15-22)19-8-10-23(11-9-19)26(27,28)29/h4-11,13-16,24H,12H2,1-3H3,(H,30,31)/t24-/m0/s1. The molecule has 1 atom stereocenters. The van der Waals surface area contributed by atoms with E-state index in [2.05, 4.69) is 0 Å². The summed E-state index contributed by atoms with van der Waals surface area (Å²) in [6.45, 7) is 5.92. The third-order valence-electron chi connectivity index (χ3n) is 5.29. The summed E-state index contributed by atoms with van der Waals surface area (Å²) in [5.74, 6) is -1.43. The highest BCUT2D eigenvalue weighted by Crippen LogP contribution is 2.35. The number of benzene rings is 3. The van der Waals surface area contributed by atoms with Gasteiger partial charge in [0.2, 0.25) is 0 Å². The second-order valence-electron chi connectivity index (χ2n) is 8.31. The molecule has 0 aliphatic carbocycles. The zero-order chi connectivity index (χ0) is 22.8. The molecule has 0 unspecified atom stereocenters. The molecule has 3 rings (SSSR count). The molecule has 0 aliphatic heterocycles. The summed E-state index contributed by atoms with van der Waals surface area (Å²) in [6, 6.07) is 18.4. The Bertz CT molecular complexity index is 1050. The molecule has 31 heavy (non-hydrogen) atoms. The highest BCUT2D eigenvalue weighted by atomic mass is 19.4. The van der Waals surface area contributed by atoms with Crippen molar-refractivity contribution in [2.75, 3.05) is 0 Å². The van der Waals surface area contributed by atoms with Crippen molar-refractivity contribution in [3.05, 3.63) is 83.4 Å². The van der Waals surface area contributed by atoms with Gasteiger partial charge in [0.1, 0.15) is 0 Å². The minimum atomic E-state index is -4.40. The van der Waals surface area contributed by atoms with Crippen LogP contribution in [0.4, 0.5) is 13.2 Å². The topological polar surface area (TPSA) is 37.3 Å². The van der Waals surface area contributed by atoms with Crippen molar-refractivity contribution >= 4 is 5.97 Å². The van der Waals surface area contributed by atoms with Gasteiger partial charge in [-0.1, -0.05) is 67.9 Å². The van der Waals surface area contributed by atoms with E-state index in [1.54, 1.807) is 6.07 Å². The van der Waals surface area contributed by atoms with Crippen LogP contribution in [-0.4, -0.2) is 11.1 Å². The van der Waals surface area contributed by atoms with Gasteiger partial charge in [-0.2, -0.15) is 13.2 Å². The summed E-state index contributed by atoms with van der Waals surface area (Å²) in [4.78, 5) is 12.0. The van der Waals surface area contributed by atoms with Gasteiger partial charge < -0.3 is 5.11 Å². The van der Waals surface area contributed by atoms with E-state index in [9.17, 15) is 23.1 Å². The van der Waals surface area contributed by atoms with Gasteiger partial charge in [0.05, 0.1) is 11.5 Å². The molecule has 3 aromatic rings. The first-order valence-corrected chi connectivity index (χ1v) is 10.2. The van der Waals surface area contributed by atoms with Crippen molar-refractivity contribution in [3.63, 3.8) is 0 Å². The van der Waals surface area contributed by atoms with Crippen molar-refractivity contribution in [2.24, 2.45) is 5.92 Å². The molecular formula is C26H25F3O2. The van der Waals surface area contributed by atoms with E-state index < -0.39 is 23.6 Å². The number of carbonyl (C=O) groups is 1. The molecule has 0 bridgehead atoms. The Morgan fingerprint density at radius 2 is 1.32 bits per heavy atom. The zero-order valence-electron chi connectivity index (χ0n) is 17.7. The second-order valence-corrected chi connectivity index (χ2v) is 8.31. The van der Waals surface area contributed by atoms with Crippen LogP contribution in [0.15, 0.2) is 66.7 Å². The van der Waals surface area contributed by atoms with Crippen LogP contribution in [-0.2, 0) is 11.0 Å². The minimum absolute atomic E-state index is 0.179. The second kappa shape index (κ2) is 8.96. The Hall–Kier alpha value is -3.08.